The number of aryl methyl sites for hydroxylation is 1. The van der Waals surface area contributed by atoms with Crippen molar-refractivity contribution in [2.75, 3.05) is 5.73 Å². The molecule has 0 unspecified atom stereocenters. The smallest absolute Gasteiger partial charge is 0.230 e. The van der Waals surface area contributed by atoms with E-state index in [1.54, 1.807) is 0 Å². The van der Waals surface area contributed by atoms with Crippen LogP contribution in [-0.4, -0.2) is 10.3 Å². The Morgan fingerprint density at radius 1 is 1.44 bits per heavy atom. The molecule has 0 amide bonds. The fourth-order valence-corrected chi connectivity index (χ4v) is 2.17. The Labute approximate surface area is 101 Å². The third-order valence-electron chi connectivity index (χ3n) is 2.55. The molecule has 0 saturated carbocycles. The highest BCUT2D eigenvalue weighted by atomic mass is 79.9. The monoisotopic (exact) mass is 282 g/mol. The van der Waals surface area contributed by atoms with Crippen molar-refractivity contribution >= 4 is 21.8 Å². The molecule has 0 spiro atoms. The highest BCUT2D eigenvalue weighted by Gasteiger charge is 2.17. The van der Waals surface area contributed by atoms with E-state index in [2.05, 4.69) is 21.1 Å². The topological polar surface area (TPSA) is 72.3 Å². The van der Waals surface area contributed by atoms with Gasteiger partial charge in [0.2, 0.25) is 5.88 Å². The zero-order valence-electron chi connectivity index (χ0n) is 8.91. The van der Waals surface area contributed by atoms with Gasteiger partial charge in [-0.25, -0.2) is 0 Å². The van der Waals surface area contributed by atoms with Crippen LogP contribution >= 0.6 is 15.9 Å². The number of benzene rings is 1. The fourth-order valence-electron chi connectivity index (χ4n) is 1.63. The first-order chi connectivity index (χ1) is 7.52. The largest absolute Gasteiger partial charge is 0.507 e. The first-order valence-electron chi connectivity index (χ1n) is 4.71. The minimum absolute atomic E-state index is 0.204. The first-order valence-corrected chi connectivity index (χ1v) is 5.51. The van der Waals surface area contributed by atoms with E-state index in [-0.39, 0.29) is 11.6 Å². The third kappa shape index (κ3) is 1.57. The Balaban J connectivity index is 2.79. The van der Waals surface area contributed by atoms with Gasteiger partial charge in [0.05, 0.1) is 11.8 Å². The van der Waals surface area contributed by atoms with E-state index in [1.807, 2.05) is 19.9 Å². The summed E-state index contributed by atoms with van der Waals surface area (Å²) in [5, 5.41) is 13.7. The van der Waals surface area contributed by atoms with Crippen molar-refractivity contribution in [1.82, 2.24) is 5.16 Å². The van der Waals surface area contributed by atoms with Crippen molar-refractivity contribution in [3.63, 3.8) is 0 Å². The number of phenols is 1. The van der Waals surface area contributed by atoms with Gasteiger partial charge in [-0.3, -0.25) is 0 Å². The van der Waals surface area contributed by atoms with E-state index in [4.69, 9.17) is 10.3 Å². The molecule has 3 N–H and O–H groups in total. The van der Waals surface area contributed by atoms with Crippen LogP contribution in [0.5, 0.6) is 5.75 Å². The zero-order valence-corrected chi connectivity index (χ0v) is 10.5. The van der Waals surface area contributed by atoms with Crippen LogP contribution in [0.25, 0.3) is 11.1 Å². The lowest BCUT2D eigenvalue weighted by Gasteiger charge is -2.11. The number of aromatic nitrogens is 1. The molecular weight excluding hydrogens is 272 g/mol. The minimum atomic E-state index is 0.204. The molecule has 0 aliphatic carbocycles. The summed E-state index contributed by atoms with van der Waals surface area (Å²) in [6.07, 6.45) is 1.50. The van der Waals surface area contributed by atoms with Crippen molar-refractivity contribution in [1.29, 1.82) is 0 Å². The summed E-state index contributed by atoms with van der Waals surface area (Å²) in [5.74, 6) is 0.409. The average Bonchev–Trinajstić information content (AvgIpc) is 2.63. The van der Waals surface area contributed by atoms with Crippen molar-refractivity contribution in [2.45, 2.75) is 13.8 Å². The third-order valence-corrected chi connectivity index (χ3v) is 3.38. The van der Waals surface area contributed by atoms with Gasteiger partial charge in [0.1, 0.15) is 5.75 Å². The summed E-state index contributed by atoms with van der Waals surface area (Å²) in [6, 6.07) is 1.86. The number of hydrogen-bond donors (Lipinski definition) is 2. The van der Waals surface area contributed by atoms with E-state index in [0.717, 1.165) is 15.6 Å². The molecule has 0 bridgehead atoms. The van der Waals surface area contributed by atoms with E-state index < -0.39 is 0 Å². The quantitative estimate of drug-likeness (QED) is 0.843. The molecule has 1 aromatic carbocycles. The highest BCUT2D eigenvalue weighted by Crippen LogP contribution is 2.40. The van der Waals surface area contributed by atoms with E-state index >= 15 is 0 Å². The number of hydrogen-bond acceptors (Lipinski definition) is 4. The summed E-state index contributed by atoms with van der Waals surface area (Å²) < 4.78 is 5.73. The van der Waals surface area contributed by atoms with Gasteiger partial charge in [-0.2, -0.15) is 0 Å². The lowest BCUT2D eigenvalue weighted by Crippen LogP contribution is -1.91. The molecule has 0 aliphatic rings. The van der Waals surface area contributed by atoms with Crippen LogP contribution < -0.4 is 5.73 Å². The SMILES string of the molecule is Cc1cc(Br)c(C)c(-c2cnoc2N)c1O. The lowest BCUT2D eigenvalue weighted by atomic mass is 9.99. The molecule has 0 fully saturated rings. The van der Waals surface area contributed by atoms with Crippen LogP contribution in [0.3, 0.4) is 0 Å². The number of anilines is 1. The van der Waals surface area contributed by atoms with Crippen LogP contribution in [0.2, 0.25) is 0 Å². The molecule has 1 aromatic heterocycles. The second-order valence-electron chi connectivity index (χ2n) is 3.63. The minimum Gasteiger partial charge on any atom is -0.507 e. The Kier molecular flexibility index (Phi) is 2.63. The standard InChI is InChI=1S/C11H11BrN2O2/c1-5-3-8(12)6(2)9(10(5)15)7-4-14-16-11(7)13/h3-4,15H,13H2,1-2H3. The zero-order chi connectivity index (χ0) is 11.9. The van der Waals surface area contributed by atoms with Gasteiger partial charge >= 0.3 is 0 Å². The Hall–Kier alpha value is -1.49. The molecule has 5 heteroatoms. The van der Waals surface area contributed by atoms with Gasteiger partial charge in [-0.05, 0) is 31.0 Å². The van der Waals surface area contributed by atoms with Crippen LogP contribution in [0.15, 0.2) is 21.3 Å². The summed E-state index contributed by atoms with van der Waals surface area (Å²) >= 11 is 3.44. The number of rotatable bonds is 1. The van der Waals surface area contributed by atoms with Gasteiger partial charge in [0.15, 0.2) is 0 Å². The number of nitrogen functional groups attached to an aromatic ring is 1. The van der Waals surface area contributed by atoms with E-state index in [9.17, 15) is 5.11 Å². The summed E-state index contributed by atoms with van der Waals surface area (Å²) in [4.78, 5) is 0. The second-order valence-corrected chi connectivity index (χ2v) is 4.48. The predicted molar refractivity (Wildman–Crippen MR) is 65.2 cm³/mol. The second kappa shape index (κ2) is 3.83. The molecule has 2 aromatic rings. The van der Waals surface area contributed by atoms with Crippen molar-refractivity contribution < 1.29 is 9.63 Å². The maximum atomic E-state index is 10.1. The predicted octanol–water partition coefficient (Wildman–Crippen LogP) is 3.01. The van der Waals surface area contributed by atoms with E-state index in [0.29, 0.717) is 11.1 Å². The van der Waals surface area contributed by atoms with Crippen molar-refractivity contribution in [3.05, 3.63) is 27.9 Å². The molecule has 2 rings (SSSR count). The van der Waals surface area contributed by atoms with Gasteiger partial charge in [0.25, 0.3) is 0 Å². The number of nitrogens with two attached hydrogens (primary N) is 1. The number of halogens is 1. The van der Waals surface area contributed by atoms with Crippen molar-refractivity contribution in [2.24, 2.45) is 0 Å². The summed E-state index contributed by atoms with van der Waals surface area (Å²) in [6.45, 7) is 3.72. The van der Waals surface area contributed by atoms with Crippen LogP contribution in [0.1, 0.15) is 11.1 Å². The Morgan fingerprint density at radius 2 is 2.12 bits per heavy atom. The lowest BCUT2D eigenvalue weighted by molar-refractivity contribution is 0.436. The molecule has 0 radical (unpaired) electrons. The summed E-state index contributed by atoms with van der Waals surface area (Å²) in [5.41, 5.74) is 8.60. The molecule has 0 saturated heterocycles. The fraction of sp³-hybridized carbons (Fsp3) is 0.182. The molecule has 84 valence electrons. The average molecular weight is 283 g/mol. The molecule has 4 nitrogen and oxygen atoms in total. The molecule has 16 heavy (non-hydrogen) atoms. The normalized spacial score (nSPS) is 10.7. The van der Waals surface area contributed by atoms with Gasteiger partial charge in [-0.15, -0.1) is 0 Å². The van der Waals surface area contributed by atoms with Crippen LogP contribution in [-0.2, 0) is 0 Å². The Morgan fingerprint density at radius 3 is 2.69 bits per heavy atom. The number of phenolic OH excluding ortho intramolecular Hbond substituents is 1. The Bertz CT molecular complexity index is 523. The first kappa shape index (κ1) is 11.0. The number of nitrogens with zero attached hydrogens (tertiary/aromatic N) is 1. The molecule has 0 atom stereocenters. The maximum Gasteiger partial charge on any atom is 0.230 e. The maximum absolute atomic E-state index is 10.1. The van der Waals surface area contributed by atoms with Gasteiger partial charge in [-0.1, -0.05) is 21.1 Å². The van der Waals surface area contributed by atoms with Gasteiger partial charge in [0, 0.05) is 10.0 Å². The van der Waals surface area contributed by atoms with Crippen LogP contribution in [0.4, 0.5) is 5.88 Å². The van der Waals surface area contributed by atoms with Crippen molar-refractivity contribution in [3.8, 4) is 16.9 Å². The number of aromatic hydroxyl groups is 1. The molecular formula is C11H11BrN2O2. The molecule has 0 aliphatic heterocycles. The highest BCUT2D eigenvalue weighted by molar-refractivity contribution is 9.10. The van der Waals surface area contributed by atoms with E-state index in [1.165, 1.54) is 6.20 Å². The van der Waals surface area contributed by atoms with Crippen LogP contribution in [0, 0.1) is 13.8 Å². The van der Waals surface area contributed by atoms with Gasteiger partial charge < -0.3 is 15.4 Å². The summed E-state index contributed by atoms with van der Waals surface area (Å²) in [7, 11) is 0. The molecule has 1 heterocycles.